The van der Waals surface area contributed by atoms with Crippen LogP contribution < -0.4 is 10.1 Å². The van der Waals surface area contributed by atoms with Crippen LogP contribution in [0, 0.1) is 17.0 Å². The summed E-state index contributed by atoms with van der Waals surface area (Å²) in [4.78, 5) is 11.1. The Labute approximate surface area is 107 Å². The number of benzene rings is 1. The first-order valence-electron chi connectivity index (χ1n) is 5.41. The van der Waals surface area contributed by atoms with Gasteiger partial charge in [-0.3, -0.25) is 10.1 Å². The fourth-order valence-electron chi connectivity index (χ4n) is 1.87. The highest BCUT2D eigenvalue weighted by atomic mass is 32.1. The first-order valence-corrected chi connectivity index (χ1v) is 6.23. The highest BCUT2D eigenvalue weighted by Crippen LogP contribution is 2.41. The lowest BCUT2D eigenvalue weighted by Gasteiger charge is -2.07. The summed E-state index contributed by atoms with van der Waals surface area (Å²) in [7, 11) is 0. The van der Waals surface area contributed by atoms with Crippen molar-refractivity contribution in [2.45, 2.75) is 13.2 Å². The van der Waals surface area contributed by atoms with E-state index in [1.165, 1.54) is 6.07 Å². The monoisotopic (exact) mass is 262 g/mol. The largest absolute Gasteiger partial charge is 0.463 e. The van der Waals surface area contributed by atoms with Gasteiger partial charge in [0.05, 0.1) is 15.5 Å². The topological polar surface area (TPSA) is 64.4 Å². The average molecular weight is 262 g/mol. The van der Waals surface area contributed by atoms with Crippen molar-refractivity contribution in [3.05, 3.63) is 50.9 Å². The summed E-state index contributed by atoms with van der Waals surface area (Å²) < 4.78 is 5.72. The van der Waals surface area contributed by atoms with Crippen molar-refractivity contribution in [1.82, 2.24) is 0 Å². The average Bonchev–Trinajstić information content (AvgIpc) is 2.93. The van der Waals surface area contributed by atoms with Gasteiger partial charge < -0.3 is 10.1 Å². The molecule has 0 aliphatic carbocycles. The normalized spacial score (nSPS) is 16.8. The van der Waals surface area contributed by atoms with Crippen LogP contribution in [0.5, 0.6) is 5.75 Å². The second kappa shape index (κ2) is 3.99. The maximum atomic E-state index is 10.6. The number of anilines is 1. The Morgan fingerprint density at radius 3 is 2.94 bits per heavy atom. The Morgan fingerprint density at radius 1 is 1.39 bits per heavy atom. The Kier molecular flexibility index (Phi) is 2.45. The van der Waals surface area contributed by atoms with Crippen LogP contribution in [-0.2, 0) is 0 Å². The van der Waals surface area contributed by atoms with Crippen molar-refractivity contribution in [2.75, 3.05) is 5.32 Å². The molecule has 1 aliphatic heterocycles. The Morgan fingerprint density at radius 2 is 2.22 bits per heavy atom. The quantitative estimate of drug-likeness (QED) is 0.664. The van der Waals surface area contributed by atoms with E-state index in [2.05, 4.69) is 5.32 Å². The third-order valence-electron chi connectivity index (χ3n) is 2.72. The van der Waals surface area contributed by atoms with E-state index in [0.29, 0.717) is 0 Å². The zero-order valence-electron chi connectivity index (χ0n) is 9.54. The third kappa shape index (κ3) is 1.80. The van der Waals surface area contributed by atoms with Crippen molar-refractivity contribution in [2.24, 2.45) is 0 Å². The number of hydrogen-bond acceptors (Lipinski definition) is 5. The lowest BCUT2D eigenvalue weighted by Crippen LogP contribution is -2.07. The molecule has 1 aliphatic rings. The van der Waals surface area contributed by atoms with Crippen LogP contribution in [0.3, 0.4) is 0 Å². The number of thiophene rings is 1. The van der Waals surface area contributed by atoms with E-state index in [9.17, 15) is 10.1 Å². The number of nitrogens with zero attached hydrogens (tertiary/aromatic N) is 1. The second-order valence-corrected chi connectivity index (χ2v) is 5.17. The van der Waals surface area contributed by atoms with Crippen LogP contribution in [0.4, 0.5) is 10.7 Å². The SMILES string of the molecule is Cc1ccc2c(c1)N[C@@H](c1ccc([N+](=O)[O-])s1)O2. The smallest absolute Gasteiger partial charge is 0.324 e. The van der Waals surface area contributed by atoms with Gasteiger partial charge in [-0.25, -0.2) is 0 Å². The van der Waals surface area contributed by atoms with Crippen LogP contribution in [0.2, 0.25) is 0 Å². The molecule has 1 aromatic carbocycles. The first kappa shape index (κ1) is 11.0. The Hall–Kier alpha value is -2.08. The maximum Gasteiger partial charge on any atom is 0.324 e. The van der Waals surface area contributed by atoms with Gasteiger partial charge in [0.1, 0.15) is 5.75 Å². The van der Waals surface area contributed by atoms with Gasteiger partial charge >= 0.3 is 5.00 Å². The van der Waals surface area contributed by atoms with Gasteiger partial charge in [0.2, 0.25) is 6.23 Å². The fraction of sp³-hybridized carbons (Fsp3) is 0.167. The van der Waals surface area contributed by atoms with Gasteiger partial charge in [-0.15, -0.1) is 0 Å². The van der Waals surface area contributed by atoms with Gasteiger partial charge in [0.15, 0.2) is 0 Å². The number of nitrogens with one attached hydrogen (secondary N) is 1. The molecule has 92 valence electrons. The minimum atomic E-state index is -0.388. The third-order valence-corrected chi connectivity index (χ3v) is 3.80. The minimum Gasteiger partial charge on any atom is -0.463 e. The zero-order chi connectivity index (χ0) is 12.7. The molecular formula is C12H10N2O3S. The molecule has 2 heterocycles. The molecule has 0 amide bonds. The molecule has 0 bridgehead atoms. The van der Waals surface area contributed by atoms with Gasteiger partial charge in [-0.1, -0.05) is 17.4 Å². The van der Waals surface area contributed by atoms with Crippen molar-refractivity contribution >= 4 is 22.0 Å². The summed E-state index contributed by atoms with van der Waals surface area (Å²) in [5, 5.41) is 14.0. The first-order chi connectivity index (χ1) is 8.63. The summed E-state index contributed by atoms with van der Waals surface area (Å²) in [6.45, 7) is 2.01. The maximum absolute atomic E-state index is 10.6. The summed E-state index contributed by atoms with van der Waals surface area (Å²) in [6.07, 6.45) is -0.333. The van der Waals surface area contributed by atoms with Crippen LogP contribution in [-0.4, -0.2) is 4.92 Å². The summed E-state index contributed by atoms with van der Waals surface area (Å²) >= 11 is 1.13. The van der Waals surface area contributed by atoms with E-state index >= 15 is 0 Å². The van der Waals surface area contributed by atoms with Gasteiger partial charge in [0.25, 0.3) is 0 Å². The predicted molar refractivity (Wildman–Crippen MR) is 69.1 cm³/mol. The van der Waals surface area contributed by atoms with Gasteiger partial charge in [-0.2, -0.15) is 0 Å². The van der Waals surface area contributed by atoms with E-state index in [-0.39, 0.29) is 16.2 Å². The van der Waals surface area contributed by atoms with Crippen molar-refractivity contribution in [3.63, 3.8) is 0 Å². The Bertz CT molecular complexity index is 624. The highest BCUT2D eigenvalue weighted by molar-refractivity contribution is 7.15. The predicted octanol–water partition coefficient (Wildman–Crippen LogP) is 3.47. The highest BCUT2D eigenvalue weighted by Gasteiger charge is 2.26. The standard InChI is InChI=1S/C12H10N2O3S/c1-7-2-3-9-8(6-7)13-12(17-9)10-4-5-11(18-10)14(15)16/h2-6,12-13H,1H3/t12-/m1/s1. The van der Waals surface area contributed by atoms with Crippen LogP contribution in [0.1, 0.15) is 16.7 Å². The van der Waals surface area contributed by atoms with E-state index in [4.69, 9.17) is 4.74 Å². The molecule has 0 fully saturated rings. The lowest BCUT2D eigenvalue weighted by molar-refractivity contribution is -0.380. The molecular weight excluding hydrogens is 252 g/mol. The summed E-state index contributed by atoms with van der Waals surface area (Å²) in [6, 6.07) is 9.09. The van der Waals surface area contributed by atoms with Crippen molar-refractivity contribution in [1.29, 1.82) is 0 Å². The number of nitro groups is 1. The number of hydrogen-bond donors (Lipinski definition) is 1. The molecule has 6 heteroatoms. The molecule has 1 atom stereocenters. The summed E-state index contributed by atoms with van der Waals surface area (Å²) in [5.74, 6) is 0.779. The molecule has 0 radical (unpaired) electrons. The van der Waals surface area contributed by atoms with E-state index in [1.807, 2.05) is 25.1 Å². The number of fused-ring (bicyclic) bond motifs is 1. The van der Waals surface area contributed by atoms with Crippen LogP contribution >= 0.6 is 11.3 Å². The number of rotatable bonds is 2. The van der Waals surface area contributed by atoms with Crippen LogP contribution in [0.25, 0.3) is 0 Å². The second-order valence-electron chi connectivity index (χ2n) is 4.07. The molecule has 5 nitrogen and oxygen atoms in total. The lowest BCUT2D eigenvalue weighted by atomic mass is 10.2. The molecule has 1 N–H and O–H groups in total. The van der Waals surface area contributed by atoms with Crippen molar-refractivity contribution < 1.29 is 9.66 Å². The molecule has 0 saturated heterocycles. The van der Waals surface area contributed by atoms with Crippen LogP contribution in [0.15, 0.2) is 30.3 Å². The van der Waals surface area contributed by atoms with E-state index in [1.54, 1.807) is 6.07 Å². The molecule has 0 unspecified atom stereocenters. The van der Waals surface area contributed by atoms with Gasteiger partial charge in [0, 0.05) is 6.07 Å². The minimum absolute atomic E-state index is 0.127. The van der Waals surface area contributed by atoms with E-state index in [0.717, 1.165) is 33.2 Å². The molecule has 3 rings (SSSR count). The van der Waals surface area contributed by atoms with E-state index < -0.39 is 0 Å². The zero-order valence-corrected chi connectivity index (χ0v) is 10.4. The molecule has 0 saturated carbocycles. The molecule has 0 spiro atoms. The Balaban J connectivity index is 1.86. The summed E-state index contributed by atoms with van der Waals surface area (Å²) in [5.41, 5.74) is 2.07. The fourth-order valence-corrected chi connectivity index (χ4v) is 2.67. The van der Waals surface area contributed by atoms with Gasteiger partial charge in [-0.05, 0) is 30.7 Å². The number of ether oxygens (including phenoxy) is 1. The molecule has 1 aromatic heterocycles. The molecule has 2 aromatic rings. The van der Waals surface area contributed by atoms with Crippen molar-refractivity contribution in [3.8, 4) is 5.75 Å². The molecule has 18 heavy (non-hydrogen) atoms. The number of aryl methyl sites for hydroxylation is 1.